The summed E-state index contributed by atoms with van der Waals surface area (Å²) in [6, 6.07) is 59.7. The van der Waals surface area contributed by atoms with Crippen LogP contribution in [-0.2, 0) is 0 Å². The Kier molecular flexibility index (Phi) is 6.46. The highest BCUT2D eigenvalue weighted by molar-refractivity contribution is 6.09. The van der Waals surface area contributed by atoms with E-state index in [1.54, 1.807) is 0 Å². The molecule has 4 heteroatoms. The van der Waals surface area contributed by atoms with E-state index in [0.29, 0.717) is 0 Å². The SMILES string of the molecule is c1ccc(-c2nc(-c3ccccc3)n3cc(-c4ccc(-c5nc(-c6ccccc6)n6ccc7ccccc7c56)cc4)c4ccccc4c23)cc1. The van der Waals surface area contributed by atoms with E-state index in [2.05, 4.69) is 185 Å². The fraction of sp³-hybridized carbons (Fsp3) is 0. The third-order valence-corrected chi connectivity index (χ3v) is 9.75. The van der Waals surface area contributed by atoms with E-state index in [1.807, 2.05) is 6.07 Å². The Morgan fingerprint density at radius 2 is 0.800 bits per heavy atom. The molecular weight excluding hydrogens is 609 g/mol. The van der Waals surface area contributed by atoms with Gasteiger partial charge >= 0.3 is 0 Å². The number of nitrogens with zero attached hydrogens (tertiary/aromatic N) is 4. The molecule has 234 valence electrons. The van der Waals surface area contributed by atoms with E-state index in [1.165, 1.54) is 21.5 Å². The Hall–Kier alpha value is -6.78. The Bertz CT molecular complexity index is 2830. The number of aromatic nitrogens is 4. The summed E-state index contributed by atoms with van der Waals surface area (Å²) in [4.78, 5) is 10.6. The minimum absolute atomic E-state index is 0.924. The highest BCUT2D eigenvalue weighted by Crippen LogP contribution is 2.40. The average molecular weight is 639 g/mol. The van der Waals surface area contributed by atoms with Gasteiger partial charge in [-0.1, -0.05) is 164 Å². The normalized spacial score (nSPS) is 11.6. The van der Waals surface area contributed by atoms with Gasteiger partial charge in [0.05, 0.1) is 22.4 Å². The summed E-state index contributed by atoms with van der Waals surface area (Å²) < 4.78 is 4.52. The van der Waals surface area contributed by atoms with Gasteiger partial charge in [-0.2, -0.15) is 0 Å². The molecule has 4 nitrogen and oxygen atoms in total. The Balaban J connectivity index is 1.18. The molecule has 10 rings (SSSR count). The van der Waals surface area contributed by atoms with E-state index in [-0.39, 0.29) is 0 Å². The van der Waals surface area contributed by atoms with Gasteiger partial charge in [0.25, 0.3) is 0 Å². The maximum atomic E-state index is 5.30. The van der Waals surface area contributed by atoms with Gasteiger partial charge in [-0.3, -0.25) is 8.80 Å². The second-order valence-corrected chi connectivity index (χ2v) is 12.7. The first kappa shape index (κ1) is 28.3. The van der Waals surface area contributed by atoms with Gasteiger partial charge in [0.15, 0.2) is 0 Å². The van der Waals surface area contributed by atoms with E-state index in [9.17, 15) is 0 Å². The largest absolute Gasteiger partial charge is 0.298 e. The third kappa shape index (κ3) is 4.46. The molecule has 0 radical (unpaired) electrons. The Labute approximate surface area is 289 Å². The maximum Gasteiger partial charge on any atom is 0.145 e. The van der Waals surface area contributed by atoms with Crippen molar-refractivity contribution in [3.8, 4) is 56.4 Å². The van der Waals surface area contributed by atoms with Crippen molar-refractivity contribution in [3.05, 3.63) is 182 Å². The summed E-state index contributed by atoms with van der Waals surface area (Å²) in [6.07, 6.45) is 4.41. The number of hydrogen-bond donors (Lipinski definition) is 0. The molecule has 0 N–H and O–H groups in total. The molecule has 50 heavy (non-hydrogen) atoms. The zero-order valence-electron chi connectivity index (χ0n) is 27.1. The summed E-state index contributed by atoms with van der Waals surface area (Å²) in [5.41, 5.74) is 10.8. The standard InChI is InChI=1S/C46H30N4/c1-4-15-33(16-5-1)41-44-39-23-13-12-22-38(39)40(30-50(44)46(48-41)36-19-8-3-9-20-36)32-24-26-34(27-25-32)42-43-37-21-11-10-14-31(37)28-29-49(43)45(47-42)35-17-6-2-7-18-35/h1-30H. The average Bonchev–Trinajstić information content (AvgIpc) is 3.79. The molecule has 4 aromatic heterocycles. The first-order valence-corrected chi connectivity index (χ1v) is 16.9. The summed E-state index contributed by atoms with van der Waals surface area (Å²) in [6.45, 7) is 0. The highest BCUT2D eigenvalue weighted by Gasteiger charge is 2.21. The van der Waals surface area contributed by atoms with Crippen molar-refractivity contribution >= 4 is 32.6 Å². The zero-order valence-corrected chi connectivity index (χ0v) is 27.1. The predicted molar refractivity (Wildman–Crippen MR) is 206 cm³/mol. The van der Waals surface area contributed by atoms with E-state index < -0.39 is 0 Å². The number of rotatable bonds is 5. The van der Waals surface area contributed by atoms with Crippen LogP contribution >= 0.6 is 0 Å². The molecule has 0 unspecified atom stereocenters. The number of pyridine rings is 2. The van der Waals surface area contributed by atoms with E-state index in [4.69, 9.17) is 9.97 Å². The van der Waals surface area contributed by atoms with Crippen LogP contribution in [0.4, 0.5) is 0 Å². The lowest BCUT2D eigenvalue weighted by Crippen LogP contribution is -1.93. The number of imidazole rings is 2. The third-order valence-electron chi connectivity index (χ3n) is 9.75. The van der Waals surface area contributed by atoms with E-state index in [0.717, 1.165) is 67.5 Å². The number of fused-ring (bicyclic) bond motifs is 6. The first-order valence-electron chi connectivity index (χ1n) is 16.9. The van der Waals surface area contributed by atoms with Gasteiger partial charge in [-0.05, 0) is 22.4 Å². The van der Waals surface area contributed by atoms with Gasteiger partial charge in [0, 0.05) is 51.0 Å². The van der Waals surface area contributed by atoms with E-state index >= 15 is 0 Å². The quantitative estimate of drug-likeness (QED) is 0.188. The lowest BCUT2D eigenvalue weighted by molar-refractivity contribution is 1.17. The molecule has 0 spiro atoms. The smallest absolute Gasteiger partial charge is 0.145 e. The molecule has 6 aromatic carbocycles. The van der Waals surface area contributed by atoms with Crippen LogP contribution in [0.5, 0.6) is 0 Å². The van der Waals surface area contributed by atoms with Gasteiger partial charge in [-0.15, -0.1) is 0 Å². The van der Waals surface area contributed by atoms with Crippen molar-refractivity contribution in [2.24, 2.45) is 0 Å². The fourth-order valence-corrected chi connectivity index (χ4v) is 7.40. The summed E-state index contributed by atoms with van der Waals surface area (Å²) >= 11 is 0. The summed E-state index contributed by atoms with van der Waals surface area (Å²) in [5.74, 6) is 1.86. The van der Waals surface area contributed by atoms with Crippen LogP contribution in [-0.4, -0.2) is 18.8 Å². The van der Waals surface area contributed by atoms with Gasteiger partial charge in [0.1, 0.15) is 11.6 Å². The minimum atomic E-state index is 0.924. The first-order chi connectivity index (χ1) is 24.8. The van der Waals surface area contributed by atoms with Crippen LogP contribution in [0.1, 0.15) is 0 Å². The molecule has 0 aliphatic carbocycles. The van der Waals surface area contributed by atoms with Crippen molar-refractivity contribution in [2.45, 2.75) is 0 Å². The second-order valence-electron chi connectivity index (χ2n) is 12.7. The summed E-state index contributed by atoms with van der Waals surface area (Å²) in [5, 5.41) is 4.74. The van der Waals surface area contributed by atoms with Crippen LogP contribution in [0.25, 0.3) is 89.0 Å². The molecule has 10 aromatic rings. The highest BCUT2D eigenvalue weighted by atomic mass is 15.0. The number of benzene rings is 6. The van der Waals surface area contributed by atoms with Gasteiger partial charge in [0.2, 0.25) is 0 Å². The molecule has 0 bridgehead atoms. The lowest BCUT2D eigenvalue weighted by Gasteiger charge is -2.12. The van der Waals surface area contributed by atoms with Gasteiger partial charge < -0.3 is 0 Å². The van der Waals surface area contributed by atoms with Crippen molar-refractivity contribution in [3.63, 3.8) is 0 Å². The molecule has 0 atom stereocenters. The Morgan fingerprint density at radius 3 is 1.44 bits per heavy atom. The van der Waals surface area contributed by atoms with Crippen molar-refractivity contribution in [1.29, 1.82) is 0 Å². The zero-order chi connectivity index (χ0) is 33.0. The molecule has 0 amide bonds. The van der Waals surface area contributed by atoms with Gasteiger partial charge in [-0.25, -0.2) is 9.97 Å². The molecule has 0 aliphatic heterocycles. The Morgan fingerprint density at radius 1 is 0.340 bits per heavy atom. The lowest BCUT2D eigenvalue weighted by atomic mass is 9.97. The predicted octanol–water partition coefficient (Wildman–Crippen LogP) is 11.6. The molecule has 4 heterocycles. The molecule has 0 aliphatic rings. The van der Waals surface area contributed by atoms with Crippen molar-refractivity contribution < 1.29 is 0 Å². The van der Waals surface area contributed by atoms with Crippen molar-refractivity contribution in [1.82, 2.24) is 18.8 Å². The van der Waals surface area contributed by atoms with Crippen LogP contribution in [0.15, 0.2) is 182 Å². The molecule has 0 saturated carbocycles. The minimum Gasteiger partial charge on any atom is -0.298 e. The maximum absolute atomic E-state index is 5.30. The van der Waals surface area contributed by atoms with Crippen LogP contribution in [0.3, 0.4) is 0 Å². The summed E-state index contributed by atoms with van der Waals surface area (Å²) in [7, 11) is 0. The fourth-order valence-electron chi connectivity index (χ4n) is 7.40. The van der Waals surface area contributed by atoms with Crippen LogP contribution in [0, 0.1) is 0 Å². The van der Waals surface area contributed by atoms with Crippen LogP contribution < -0.4 is 0 Å². The molecule has 0 fully saturated rings. The monoisotopic (exact) mass is 638 g/mol. The number of hydrogen-bond acceptors (Lipinski definition) is 2. The topological polar surface area (TPSA) is 34.6 Å². The molecule has 0 saturated heterocycles. The second kappa shape index (κ2) is 11.4. The van der Waals surface area contributed by atoms with Crippen molar-refractivity contribution in [2.75, 3.05) is 0 Å². The van der Waals surface area contributed by atoms with Crippen LogP contribution in [0.2, 0.25) is 0 Å². The molecular formula is C46H30N4.